The zero-order valence-corrected chi connectivity index (χ0v) is 19.0. The van der Waals surface area contributed by atoms with E-state index in [-0.39, 0.29) is 12.5 Å². The van der Waals surface area contributed by atoms with Gasteiger partial charge in [-0.25, -0.2) is 0 Å². The van der Waals surface area contributed by atoms with E-state index in [0.717, 1.165) is 29.0 Å². The van der Waals surface area contributed by atoms with Gasteiger partial charge in [0.2, 0.25) is 5.91 Å². The van der Waals surface area contributed by atoms with Crippen molar-refractivity contribution in [2.75, 3.05) is 13.7 Å². The Balaban J connectivity index is 1.51. The molecule has 0 saturated heterocycles. The Morgan fingerprint density at radius 3 is 2.47 bits per heavy atom. The van der Waals surface area contributed by atoms with Gasteiger partial charge in [0.25, 0.3) is 0 Å². The topological polar surface area (TPSA) is 73.6 Å². The van der Waals surface area contributed by atoms with Crippen molar-refractivity contribution >= 4 is 12.0 Å². The van der Waals surface area contributed by atoms with Crippen LogP contribution in [0.5, 0.6) is 11.5 Å². The van der Waals surface area contributed by atoms with Crippen molar-refractivity contribution in [3.63, 3.8) is 0 Å². The molecule has 1 aromatic heterocycles. The lowest BCUT2D eigenvalue weighted by atomic mass is 10.1. The average molecular weight is 474 g/mol. The molecular weight excluding hydrogens is 449 g/mol. The second-order valence-corrected chi connectivity index (χ2v) is 7.57. The highest BCUT2D eigenvalue weighted by Gasteiger charge is 2.29. The molecule has 2 aromatic carbocycles. The van der Waals surface area contributed by atoms with Gasteiger partial charge in [-0.15, -0.1) is 0 Å². The van der Waals surface area contributed by atoms with Gasteiger partial charge in [0.1, 0.15) is 12.4 Å². The van der Waals surface area contributed by atoms with E-state index in [1.165, 1.54) is 25.3 Å². The number of aryl methyl sites for hydroxylation is 2. The predicted octanol–water partition coefficient (Wildman–Crippen LogP) is 5.27. The number of hydrogen-bond donors (Lipinski definition) is 1. The number of carbonyl (C=O) groups is 1. The summed E-state index contributed by atoms with van der Waals surface area (Å²) >= 11 is 0. The number of hydrogen-bond acceptors (Lipinski definition) is 5. The number of benzene rings is 2. The van der Waals surface area contributed by atoms with Crippen LogP contribution in [0.1, 0.15) is 33.7 Å². The quantitative estimate of drug-likeness (QED) is 0.428. The van der Waals surface area contributed by atoms with Gasteiger partial charge in [0, 0.05) is 12.6 Å². The van der Waals surface area contributed by atoms with Crippen LogP contribution in [-0.4, -0.2) is 24.7 Å². The molecule has 0 bridgehead atoms. The van der Waals surface area contributed by atoms with Crippen molar-refractivity contribution in [1.82, 2.24) is 10.5 Å². The van der Waals surface area contributed by atoms with Crippen molar-refractivity contribution in [3.05, 3.63) is 82.2 Å². The first-order valence-corrected chi connectivity index (χ1v) is 10.5. The number of rotatable bonds is 9. The molecule has 1 heterocycles. The fraction of sp³-hybridized carbons (Fsp3) is 0.280. The molecule has 0 spiro atoms. The number of ether oxygens (including phenoxy) is 2. The van der Waals surface area contributed by atoms with Gasteiger partial charge in [-0.05, 0) is 61.7 Å². The fourth-order valence-corrected chi connectivity index (χ4v) is 3.19. The van der Waals surface area contributed by atoms with Gasteiger partial charge >= 0.3 is 6.18 Å². The van der Waals surface area contributed by atoms with Crippen molar-refractivity contribution in [1.29, 1.82) is 0 Å². The summed E-state index contributed by atoms with van der Waals surface area (Å²) in [4.78, 5) is 12.1. The Kier molecular flexibility index (Phi) is 7.99. The summed E-state index contributed by atoms with van der Waals surface area (Å²) < 4.78 is 54.2. The zero-order chi connectivity index (χ0) is 24.7. The van der Waals surface area contributed by atoms with Gasteiger partial charge in [0.05, 0.1) is 23.9 Å². The van der Waals surface area contributed by atoms with Crippen LogP contribution in [0.3, 0.4) is 0 Å². The van der Waals surface area contributed by atoms with E-state index >= 15 is 0 Å². The van der Waals surface area contributed by atoms with Gasteiger partial charge in [0.15, 0.2) is 11.5 Å². The lowest BCUT2D eigenvalue weighted by Crippen LogP contribution is -2.23. The highest BCUT2D eigenvalue weighted by atomic mass is 19.4. The van der Waals surface area contributed by atoms with E-state index in [1.807, 2.05) is 13.8 Å². The first-order chi connectivity index (χ1) is 16.2. The van der Waals surface area contributed by atoms with E-state index in [1.54, 1.807) is 24.3 Å². The molecule has 0 aliphatic rings. The maximum Gasteiger partial charge on any atom is 0.416 e. The number of nitrogens with zero attached hydrogens (tertiary/aromatic N) is 1. The van der Waals surface area contributed by atoms with E-state index in [0.29, 0.717) is 35.8 Å². The maximum atomic E-state index is 12.6. The first kappa shape index (κ1) is 24.9. The van der Waals surface area contributed by atoms with Crippen LogP contribution in [0.25, 0.3) is 6.08 Å². The number of aromatic nitrogens is 1. The van der Waals surface area contributed by atoms with Gasteiger partial charge in [-0.2, -0.15) is 13.2 Å². The van der Waals surface area contributed by atoms with Gasteiger partial charge in [-0.3, -0.25) is 4.79 Å². The number of halogens is 3. The molecule has 6 nitrogen and oxygen atoms in total. The molecule has 0 aliphatic carbocycles. The van der Waals surface area contributed by atoms with Crippen molar-refractivity contribution < 1.29 is 32.0 Å². The SMILES string of the molecule is COc1cc(C=CC(=O)NCCc2ccc(C(F)(F)F)cc2)ccc1OCc1c(C)noc1C. The van der Waals surface area contributed by atoms with E-state index in [4.69, 9.17) is 14.0 Å². The summed E-state index contributed by atoms with van der Waals surface area (Å²) in [7, 11) is 1.53. The molecule has 9 heteroatoms. The number of carbonyl (C=O) groups excluding carboxylic acids is 1. The van der Waals surface area contributed by atoms with Crippen LogP contribution in [0.15, 0.2) is 53.1 Å². The second kappa shape index (κ2) is 10.9. The molecule has 1 amide bonds. The largest absolute Gasteiger partial charge is 0.493 e. The standard InChI is InChI=1S/C25H25F3N2O4/c1-16-21(17(2)34-30-16)15-33-22-10-6-19(14-23(22)32-3)7-11-24(31)29-13-12-18-4-8-20(9-5-18)25(26,27)28/h4-11,14H,12-13,15H2,1-3H3,(H,29,31). The minimum absolute atomic E-state index is 0.286. The summed E-state index contributed by atoms with van der Waals surface area (Å²) in [5.74, 6) is 1.43. The lowest BCUT2D eigenvalue weighted by molar-refractivity contribution is -0.137. The third-order valence-corrected chi connectivity index (χ3v) is 5.16. The molecule has 1 N–H and O–H groups in total. The summed E-state index contributed by atoms with van der Waals surface area (Å²) in [6.45, 7) is 4.24. The maximum absolute atomic E-state index is 12.6. The van der Waals surface area contributed by atoms with E-state index in [2.05, 4.69) is 10.5 Å². The third kappa shape index (κ3) is 6.63. The molecule has 0 aliphatic heterocycles. The summed E-state index contributed by atoms with van der Waals surface area (Å²) in [6.07, 6.45) is -0.928. The third-order valence-electron chi connectivity index (χ3n) is 5.16. The molecule has 34 heavy (non-hydrogen) atoms. The van der Waals surface area contributed by atoms with Crippen LogP contribution in [-0.2, 0) is 24.0 Å². The van der Waals surface area contributed by atoms with Crippen LogP contribution in [0.2, 0.25) is 0 Å². The average Bonchev–Trinajstić information content (AvgIpc) is 3.13. The van der Waals surface area contributed by atoms with E-state index < -0.39 is 11.7 Å². The number of nitrogens with one attached hydrogen (secondary N) is 1. The Bertz CT molecular complexity index is 1130. The fourth-order valence-electron chi connectivity index (χ4n) is 3.19. The van der Waals surface area contributed by atoms with Gasteiger partial charge in [-0.1, -0.05) is 23.4 Å². The highest BCUT2D eigenvalue weighted by molar-refractivity contribution is 5.91. The summed E-state index contributed by atoms with van der Waals surface area (Å²) in [6, 6.07) is 10.2. The Morgan fingerprint density at radius 2 is 1.85 bits per heavy atom. The molecule has 3 aromatic rings. The molecule has 3 rings (SSSR count). The summed E-state index contributed by atoms with van der Waals surface area (Å²) in [5, 5.41) is 6.62. The number of amides is 1. The molecule has 0 unspecified atom stereocenters. The minimum atomic E-state index is -4.36. The smallest absolute Gasteiger partial charge is 0.416 e. The number of methoxy groups -OCH3 is 1. The molecule has 180 valence electrons. The molecule has 0 saturated carbocycles. The monoisotopic (exact) mass is 474 g/mol. The highest BCUT2D eigenvalue weighted by Crippen LogP contribution is 2.30. The van der Waals surface area contributed by atoms with E-state index in [9.17, 15) is 18.0 Å². The summed E-state index contributed by atoms with van der Waals surface area (Å²) in [5.41, 5.74) is 2.38. The first-order valence-electron chi connectivity index (χ1n) is 10.5. The second-order valence-electron chi connectivity index (χ2n) is 7.57. The van der Waals surface area contributed by atoms with Crippen LogP contribution in [0, 0.1) is 13.8 Å². The molecule has 0 atom stereocenters. The van der Waals surface area contributed by atoms with Crippen LogP contribution >= 0.6 is 0 Å². The molecule has 0 fully saturated rings. The Labute approximate surface area is 195 Å². The van der Waals surface area contributed by atoms with Crippen molar-refractivity contribution in [2.45, 2.75) is 33.1 Å². The Hall–Kier alpha value is -3.75. The lowest BCUT2D eigenvalue weighted by Gasteiger charge is -2.11. The van der Waals surface area contributed by atoms with Crippen molar-refractivity contribution in [2.24, 2.45) is 0 Å². The minimum Gasteiger partial charge on any atom is -0.493 e. The predicted molar refractivity (Wildman–Crippen MR) is 120 cm³/mol. The molecular formula is C25H25F3N2O4. The zero-order valence-electron chi connectivity index (χ0n) is 19.0. The number of alkyl halides is 3. The molecule has 0 radical (unpaired) electrons. The van der Waals surface area contributed by atoms with Crippen LogP contribution < -0.4 is 14.8 Å². The Morgan fingerprint density at radius 1 is 1.12 bits per heavy atom. The van der Waals surface area contributed by atoms with Crippen LogP contribution in [0.4, 0.5) is 13.2 Å². The van der Waals surface area contributed by atoms with Gasteiger partial charge < -0.3 is 19.3 Å². The normalized spacial score (nSPS) is 11.6. The van der Waals surface area contributed by atoms with Crippen molar-refractivity contribution in [3.8, 4) is 11.5 Å².